The molecule has 1 aromatic rings. The van der Waals surface area contributed by atoms with Crippen LogP contribution in [0.15, 0.2) is 24.3 Å². The molecule has 0 fully saturated rings. The Labute approximate surface area is 129 Å². The number of likely N-dealkylation sites (N-methyl/N-ethyl adjacent to an activating group) is 1. The van der Waals surface area contributed by atoms with Gasteiger partial charge in [0.05, 0.1) is 6.04 Å². The van der Waals surface area contributed by atoms with Gasteiger partial charge in [-0.05, 0) is 24.6 Å². The van der Waals surface area contributed by atoms with Gasteiger partial charge in [0.25, 0.3) is 0 Å². The van der Waals surface area contributed by atoms with E-state index in [1.54, 1.807) is 24.1 Å². The monoisotopic (exact) mass is 314 g/mol. The van der Waals surface area contributed by atoms with Gasteiger partial charge in [-0.2, -0.15) is 12.6 Å². The maximum atomic E-state index is 12.3. The highest BCUT2D eigenvalue weighted by Crippen LogP contribution is 2.21. The summed E-state index contributed by atoms with van der Waals surface area (Å²) in [6.45, 7) is 3.30. The minimum absolute atomic E-state index is 0.115. The molecule has 0 aliphatic heterocycles. The molecule has 0 aliphatic rings. The van der Waals surface area contributed by atoms with Crippen molar-refractivity contribution in [2.45, 2.75) is 25.9 Å². The lowest BCUT2D eigenvalue weighted by atomic mass is 10.1. The molecule has 2 atom stereocenters. The molecule has 0 saturated carbocycles. The molecule has 6 heteroatoms. The number of benzene rings is 1. The predicted molar refractivity (Wildman–Crippen MR) is 84.1 cm³/mol. The first-order valence-corrected chi connectivity index (χ1v) is 7.28. The molecule has 0 aliphatic carbocycles. The largest absolute Gasteiger partial charge is 0.344 e. The molecular formula is C14H19ClN2O2S. The third-order valence-electron chi connectivity index (χ3n) is 3.14. The topological polar surface area (TPSA) is 49.4 Å². The number of nitrogens with zero attached hydrogens (tertiary/aromatic N) is 1. The average Bonchev–Trinajstić information content (AvgIpc) is 2.43. The van der Waals surface area contributed by atoms with Crippen LogP contribution in [-0.2, 0) is 9.59 Å². The van der Waals surface area contributed by atoms with Gasteiger partial charge in [0.15, 0.2) is 0 Å². The van der Waals surface area contributed by atoms with Gasteiger partial charge in [0.1, 0.15) is 6.04 Å². The summed E-state index contributed by atoms with van der Waals surface area (Å²) in [4.78, 5) is 25.0. The van der Waals surface area contributed by atoms with E-state index >= 15 is 0 Å². The zero-order valence-electron chi connectivity index (χ0n) is 11.8. The second kappa shape index (κ2) is 7.55. The van der Waals surface area contributed by atoms with Crippen molar-refractivity contribution in [2.24, 2.45) is 0 Å². The van der Waals surface area contributed by atoms with Gasteiger partial charge in [-0.3, -0.25) is 9.59 Å². The van der Waals surface area contributed by atoms with E-state index in [-0.39, 0.29) is 23.6 Å². The Hall–Kier alpha value is -1.20. The number of halogens is 1. The Kier molecular flexibility index (Phi) is 6.36. The van der Waals surface area contributed by atoms with Crippen LogP contribution in [0.5, 0.6) is 0 Å². The molecule has 4 nitrogen and oxygen atoms in total. The van der Waals surface area contributed by atoms with Crippen LogP contribution in [0.25, 0.3) is 0 Å². The molecule has 1 N–H and O–H groups in total. The highest BCUT2D eigenvalue weighted by molar-refractivity contribution is 7.80. The van der Waals surface area contributed by atoms with Gasteiger partial charge in [-0.15, -0.1) is 0 Å². The van der Waals surface area contributed by atoms with Crippen LogP contribution < -0.4 is 5.32 Å². The number of nitrogens with one attached hydrogen (secondary N) is 1. The summed E-state index contributed by atoms with van der Waals surface area (Å²) in [5, 5.41) is 3.25. The van der Waals surface area contributed by atoms with Crippen molar-refractivity contribution in [3.63, 3.8) is 0 Å². The normalized spacial score (nSPS) is 13.4. The molecule has 110 valence electrons. The number of rotatable bonds is 5. The number of amides is 2. The van der Waals surface area contributed by atoms with Crippen LogP contribution in [0.3, 0.4) is 0 Å². The van der Waals surface area contributed by atoms with E-state index in [0.29, 0.717) is 5.02 Å². The molecule has 2 amide bonds. The van der Waals surface area contributed by atoms with Crippen LogP contribution in [0, 0.1) is 0 Å². The fourth-order valence-corrected chi connectivity index (χ4v) is 2.21. The molecule has 0 spiro atoms. The SMILES string of the molecule is CC(=O)NC(CS)C(=O)N(C)C(C)c1ccc(Cl)cc1. The average molecular weight is 315 g/mol. The van der Waals surface area contributed by atoms with Crippen molar-refractivity contribution >= 4 is 36.0 Å². The van der Waals surface area contributed by atoms with E-state index < -0.39 is 6.04 Å². The quantitative estimate of drug-likeness (QED) is 0.819. The smallest absolute Gasteiger partial charge is 0.246 e. The van der Waals surface area contributed by atoms with Crippen LogP contribution in [-0.4, -0.2) is 35.6 Å². The van der Waals surface area contributed by atoms with Gasteiger partial charge < -0.3 is 10.2 Å². The van der Waals surface area contributed by atoms with Crippen molar-refractivity contribution in [2.75, 3.05) is 12.8 Å². The van der Waals surface area contributed by atoms with E-state index in [4.69, 9.17) is 11.6 Å². The molecule has 0 saturated heterocycles. The Bertz CT molecular complexity index is 479. The molecule has 2 unspecified atom stereocenters. The summed E-state index contributed by atoms with van der Waals surface area (Å²) in [7, 11) is 1.71. The Balaban J connectivity index is 2.81. The van der Waals surface area contributed by atoms with Gasteiger partial charge in [0, 0.05) is 24.7 Å². The highest BCUT2D eigenvalue weighted by atomic mass is 35.5. The Morgan fingerprint density at radius 2 is 1.90 bits per heavy atom. The second-order valence-corrected chi connectivity index (χ2v) is 5.41. The molecule has 0 radical (unpaired) electrons. The summed E-state index contributed by atoms with van der Waals surface area (Å²) < 4.78 is 0. The van der Waals surface area contributed by atoms with Crippen LogP contribution in [0.4, 0.5) is 0 Å². The van der Waals surface area contributed by atoms with E-state index in [9.17, 15) is 9.59 Å². The van der Waals surface area contributed by atoms with Crippen molar-refractivity contribution in [3.05, 3.63) is 34.9 Å². The van der Waals surface area contributed by atoms with E-state index in [1.165, 1.54) is 6.92 Å². The zero-order chi connectivity index (χ0) is 15.3. The van der Waals surface area contributed by atoms with Crippen molar-refractivity contribution in [1.82, 2.24) is 10.2 Å². The van der Waals surface area contributed by atoms with Gasteiger partial charge in [0.2, 0.25) is 11.8 Å². The number of carbonyl (C=O) groups excluding carboxylic acids is 2. The fourth-order valence-electron chi connectivity index (χ4n) is 1.83. The molecule has 0 bridgehead atoms. The van der Waals surface area contributed by atoms with Gasteiger partial charge in [-0.25, -0.2) is 0 Å². The molecule has 20 heavy (non-hydrogen) atoms. The standard InChI is InChI=1S/C14H19ClN2O2S/c1-9(11-4-6-12(15)7-5-11)17(3)14(19)13(8-20)16-10(2)18/h4-7,9,13,20H,8H2,1-3H3,(H,16,18). The van der Waals surface area contributed by atoms with Crippen molar-refractivity contribution in [3.8, 4) is 0 Å². The van der Waals surface area contributed by atoms with Crippen LogP contribution in [0.2, 0.25) is 5.02 Å². The van der Waals surface area contributed by atoms with E-state index in [2.05, 4.69) is 17.9 Å². The fraction of sp³-hybridized carbons (Fsp3) is 0.429. The summed E-state index contributed by atoms with van der Waals surface area (Å²) in [5.74, 6) is -0.154. The third-order valence-corrected chi connectivity index (χ3v) is 3.76. The Morgan fingerprint density at radius 3 is 2.35 bits per heavy atom. The predicted octanol–water partition coefficient (Wildman–Crippen LogP) is 2.29. The number of thiol groups is 1. The van der Waals surface area contributed by atoms with Crippen molar-refractivity contribution < 1.29 is 9.59 Å². The maximum Gasteiger partial charge on any atom is 0.246 e. The first kappa shape index (κ1) is 16.9. The third kappa shape index (κ3) is 4.42. The zero-order valence-corrected chi connectivity index (χ0v) is 13.4. The molecule has 1 aromatic carbocycles. The summed E-state index contributed by atoms with van der Waals surface area (Å²) >= 11 is 9.96. The van der Waals surface area contributed by atoms with E-state index in [0.717, 1.165) is 5.56 Å². The lowest BCUT2D eigenvalue weighted by molar-refractivity contribution is -0.135. The highest BCUT2D eigenvalue weighted by Gasteiger charge is 2.25. The summed E-state index contributed by atoms with van der Waals surface area (Å²) in [6, 6.07) is 6.60. The Morgan fingerprint density at radius 1 is 1.35 bits per heavy atom. The van der Waals surface area contributed by atoms with Gasteiger partial charge >= 0.3 is 0 Å². The molecule has 0 heterocycles. The maximum absolute atomic E-state index is 12.3. The van der Waals surface area contributed by atoms with Gasteiger partial charge in [-0.1, -0.05) is 23.7 Å². The number of hydrogen-bond acceptors (Lipinski definition) is 3. The first-order valence-electron chi connectivity index (χ1n) is 6.27. The lowest BCUT2D eigenvalue weighted by Crippen LogP contribution is -2.48. The number of hydrogen-bond donors (Lipinski definition) is 2. The summed E-state index contributed by atoms with van der Waals surface area (Å²) in [5.41, 5.74) is 0.978. The molecular weight excluding hydrogens is 296 g/mol. The minimum atomic E-state index is -0.615. The van der Waals surface area contributed by atoms with E-state index in [1.807, 2.05) is 19.1 Å². The second-order valence-electron chi connectivity index (χ2n) is 4.61. The lowest BCUT2D eigenvalue weighted by Gasteiger charge is -2.29. The van der Waals surface area contributed by atoms with Crippen molar-refractivity contribution in [1.29, 1.82) is 0 Å². The minimum Gasteiger partial charge on any atom is -0.344 e. The number of carbonyl (C=O) groups is 2. The van der Waals surface area contributed by atoms with Crippen LogP contribution >= 0.6 is 24.2 Å². The van der Waals surface area contributed by atoms with Crippen LogP contribution in [0.1, 0.15) is 25.5 Å². The molecule has 0 aromatic heterocycles. The summed E-state index contributed by atoms with van der Waals surface area (Å²) in [6.07, 6.45) is 0. The molecule has 1 rings (SSSR count). The first-order chi connectivity index (χ1) is 9.36.